The Hall–Kier alpha value is -1.64. The Labute approximate surface area is 106 Å². The van der Waals surface area contributed by atoms with Gasteiger partial charge in [-0.2, -0.15) is 0 Å². The van der Waals surface area contributed by atoms with Crippen molar-refractivity contribution in [1.29, 1.82) is 0 Å². The fourth-order valence-electron chi connectivity index (χ4n) is 1.58. The van der Waals surface area contributed by atoms with Gasteiger partial charge >= 0.3 is 107 Å². The maximum absolute atomic E-state index is 4.10. The molecule has 1 aromatic carbocycles. The Kier molecular flexibility index (Phi) is 2.67. The molecule has 0 fully saturated rings. The predicted molar refractivity (Wildman–Crippen MR) is 75.4 cm³/mol. The minimum atomic E-state index is -1.34. The van der Waals surface area contributed by atoms with E-state index in [2.05, 4.69) is 39.1 Å². The summed E-state index contributed by atoms with van der Waals surface area (Å²) in [5.41, 5.74) is 2.20. The van der Waals surface area contributed by atoms with E-state index in [4.69, 9.17) is 0 Å². The van der Waals surface area contributed by atoms with Gasteiger partial charge in [-0.1, -0.05) is 0 Å². The molecule has 0 saturated heterocycles. The van der Waals surface area contributed by atoms with Gasteiger partial charge in [-0.15, -0.1) is 0 Å². The average Bonchev–Trinajstić information content (AvgIpc) is 2.99. The van der Waals surface area contributed by atoms with E-state index in [1.807, 2.05) is 23.0 Å². The predicted octanol–water partition coefficient (Wildman–Crippen LogP) is 1.59. The van der Waals surface area contributed by atoms with Crippen LogP contribution in [-0.2, 0) is 0 Å². The SMILES string of the molecule is CI1NN=CN1c1cccc(-n2cnnc2)c1. The molecule has 0 atom stereocenters. The Morgan fingerprint density at radius 2 is 1.94 bits per heavy atom. The number of hydrogen-bond donors (Lipinski definition) is 1. The number of rotatable bonds is 2. The molecule has 1 aliphatic heterocycles. The summed E-state index contributed by atoms with van der Waals surface area (Å²) in [5, 5.41) is 11.7. The average molecular weight is 342 g/mol. The quantitative estimate of drug-likeness (QED) is 0.512. The van der Waals surface area contributed by atoms with Crippen LogP contribution < -0.4 is 6.75 Å². The molecule has 88 valence electrons. The number of benzene rings is 1. The van der Waals surface area contributed by atoms with E-state index in [9.17, 15) is 0 Å². The van der Waals surface area contributed by atoms with Crippen molar-refractivity contribution in [2.75, 3.05) is 8.04 Å². The van der Waals surface area contributed by atoms with Crippen LogP contribution >= 0.6 is 20.4 Å². The van der Waals surface area contributed by atoms with E-state index in [-0.39, 0.29) is 0 Å². The molecule has 0 amide bonds. The number of hydrazone groups is 1. The molecule has 0 radical (unpaired) electrons. The second-order valence-electron chi connectivity index (χ2n) is 3.47. The molecule has 6 nitrogen and oxygen atoms in total. The van der Waals surface area contributed by atoms with Crippen molar-refractivity contribution in [2.24, 2.45) is 5.10 Å². The molecule has 0 spiro atoms. The molecule has 2 heterocycles. The van der Waals surface area contributed by atoms with Crippen LogP contribution in [0.25, 0.3) is 5.69 Å². The number of aromatic nitrogens is 3. The van der Waals surface area contributed by atoms with Crippen molar-refractivity contribution >= 4 is 32.4 Å². The first kappa shape index (κ1) is 10.5. The van der Waals surface area contributed by atoms with Crippen molar-refractivity contribution in [3.63, 3.8) is 0 Å². The molecule has 2 aromatic rings. The van der Waals surface area contributed by atoms with Gasteiger partial charge in [0.25, 0.3) is 0 Å². The van der Waals surface area contributed by atoms with Crippen LogP contribution in [0.4, 0.5) is 5.69 Å². The van der Waals surface area contributed by atoms with E-state index in [0.29, 0.717) is 0 Å². The summed E-state index contributed by atoms with van der Waals surface area (Å²) in [4.78, 5) is 2.21. The fourth-order valence-corrected chi connectivity index (χ4v) is 3.98. The van der Waals surface area contributed by atoms with Crippen molar-refractivity contribution < 1.29 is 0 Å². The third kappa shape index (κ3) is 1.97. The van der Waals surface area contributed by atoms with Crippen molar-refractivity contribution in [2.45, 2.75) is 0 Å². The third-order valence-corrected chi connectivity index (χ3v) is 5.74. The third-order valence-electron chi connectivity index (χ3n) is 2.40. The summed E-state index contributed by atoms with van der Waals surface area (Å²) in [6, 6.07) is 8.25. The molecule has 0 bridgehead atoms. The zero-order chi connectivity index (χ0) is 11.7. The van der Waals surface area contributed by atoms with Crippen LogP contribution in [0.5, 0.6) is 0 Å². The monoisotopic (exact) mass is 342 g/mol. The summed E-state index contributed by atoms with van der Waals surface area (Å²) in [5.74, 6) is 0. The molecule has 1 aromatic heterocycles. The number of hydrogen-bond acceptors (Lipinski definition) is 5. The second kappa shape index (κ2) is 4.32. The Morgan fingerprint density at radius 3 is 2.65 bits per heavy atom. The van der Waals surface area contributed by atoms with E-state index >= 15 is 0 Å². The van der Waals surface area contributed by atoms with Gasteiger partial charge in [0.05, 0.1) is 0 Å². The van der Waals surface area contributed by atoms with Gasteiger partial charge in [-0.3, -0.25) is 0 Å². The zero-order valence-electron chi connectivity index (χ0n) is 9.16. The molecule has 1 N–H and O–H groups in total. The summed E-state index contributed by atoms with van der Waals surface area (Å²) in [7, 11) is 0. The first-order valence-electron chi connectivity index (χ1n) is 4.98. The molecule has 3 rings (SSSR count). The molecular formula is C10H11IN6. The van der Waals surface area contributed by atoms with Crippen molar-refractivity contribution in [3.8, 4) is 5.69 Å². The van der Waals surface area contributed by atoms with Crippen LogP contribution in [0.15, 0.2) is 42.0 Å². The molecule has 17 heavy (non-hydrogen) atoms. The van der Waals surface area contributed by atoms with Crippen LogP contribution in [0, 0.1) is 0 Å². The molecule has 0 saturated carbocycles. The van der Waals surface area contributed by atoms with Gasteiger partial charge in [-0.05, 0) is 0 Å². The number of halogens is 1. The van der Waals surface area contributed by atoms with E-state index in [1.165, 1.54) is 0 Å². The first-order valence-corrected chi connectivity index (χ1v) is 9.18. The van der Waals surface area contributed by atoms with E-state index in [1.54, 1.807) is 12.7 Å². The molecule has 0 unspecified atom stereocenters. The number of nitrogens with zero attached hydrogens (tertiary/aromatic N) is 5. The first-order chi connectivity index (χ1) is 8.34. The van der Waals surface area contributed by atoms with Gasteiger partial charge in [0, 0.05) is 0 Å². The zero-order valence-corrected chi connectivity index (χ0v) is 11.3. The minimum absolute atomic E-state index is 1.05. The topological polar surface area (TPSA) is 58.3 Å². The van der Waals surface area contributed by atoms with Crippen LogP contribution in [0.1, 0.15) is 0 Å². The molecule has 1 aliphatic rings. The standard InChI is InChI=1S/C10H11IN6/c1-11-15-14-8-17(11)10-4-2-3-9(5-10)16-6-12-13-7-16/h2-8,15H,1H3. The summed E-state index contributed by atoms with van der Waals surface area (Å²) in [6.45, 7) is 0. The summed E-state index contributed by atoms with van der Waals surface area (Å²) < 4.78 is 7.25. The molecular weight excluding hydrogens is 331 g/mol. The molecule has 7 heteroatoms. The van der Waals surface area contributed by atoms with Crippen LogP contribution in [0.2, 0.25) is 0 Å². The van der Waals surface area contributed by atoms with Crippen molar-refractivity contribution in [1.82, 2.24) is 18.4 Å². The van der Waals surface area contributed by atoms with Gasteiger partial charge in [0.15, 0.2) is 0 Å². The fraction of sp³-hybridized carbons (Fsp3) is 0.100. The maximum atomic E-state index is 4.10. The number of nitrogens with one attached hydrogen (secondary N) is 1. The van der Waals surface area contributed by atoms with Gasteiger partial charge in [0.1, 0.15) is 0 Å². The number of alkyl halides is 1. The van der Waals surface area contributed by atoms with Gasteiger partial charge in [0.2, 0.25) is 0 Å². The van der Waals surface area contributed by atoms with E-state index in [0.717, 1.165) is 11.4 Å². The molecule has 0 aliphatic carbocycles. The van der Waals surface area contributed by atoms with E-state index < -0.39 is 20.4 Å². The van der Waals surface area contributed by atoms with Crippen LogP contribution in [0.3, 0.4) is 0 Å². The van der Waals surface area contributed by atoms with Gasteiger partial charge in [-0.25, -0.2) is 0 Å². The van der Waals surface area contributed by atoms with Gasteiger partial charge < -0.3 is 0 Å². The summed E-state index contributed by atoms with van der Waals surface area (Å²) in [6.07, 6.45) is 5.24. The second-order valence-corrected chi connectivity index (χ2v) is 7.52. The summed E-state index contributed by atoms with van der Waals surface area (Å²) >= 11 is -1.34. The van der Waals surface area contributed by atoms with Crippen molar-refractivity contribution in [3.05, 3.63) is 36.9 Å². The number of anilines is 1. The Bertz CT molecular complexity index is 537. The Balaban J connectivity index is 1.97. The normalized spacial score (nSPS) is 16.3. The Morgan fingerprint density at radius 1 is 1.18 bits per heavy atom. The van der Waals surface area contributed by atoms with Crippen LogP contribution in [-0.4, -0.2) is 26.0 Å².